The SMILES string of the molecule is COC(=O)CCCCCCNC(=O)CCc1c(C)nc2c3ccccc3nn2c1C. The molecule has 0 saturated carbocycles. The number of rotatable bonds is 10. The Hall–Kier alpha value is -2.96. The number of fused-ring (bicyclic) bond motifs is 3. The first-order chi connectivity index (χ1) is 14.5. The predicted octanol–water partition coefficient (Wildman–Crippen LogP) is 3.67. The highest BCUT2D eigenvalue weighted by molar-refractivity contribution is 5.92. The Morgan fingerprint density at radius 3 is 2.63 bits per heavy atom. The Labute approximate surface area is 176 Å². The van der Waals surface area contributed by atoms with Crippen molar-refractivity contribution in [3.05, 3.63) is 41.2 Å². The van der Waals surface area contributed by atoms with Gasteiger partial charge in [0.2, 0.25) is 5.91 Å². The number of hydrogen-bond acceptors (Lipinski definition) is 5. The Morgan fingerprint density at radius 2 is 1.83 bits per heavy atom. The molecule has 0 aliphatic heterocycles. The van der Waals surface area contributed by atoms with Gasteiger partial charge in [-0.2, -0.15) is 5.10 Å². The average Bonchev–Trinajstić information content (AvgIpc) is 3.11. The summed E-state index contributed by atoms with van der Waals surface area (Å²) in [7, 11) is 1.41. The van der Waals surface area contributed by atoms with Gasteiger partial charge >= 0.3 is 5.97 Å². The zero-order chi connectivity index (χ0) is 21.5. The van der Waals surface area contributed by atoms with Crippen LogP contribution >= 0.6 is 0 Å². The number of benzene rings is 1. The predicted molar refractivity (Wildman–Crippen MR) is 116 cm³/mol. The lowest BCUT2D eigenvalue weighted by molar-refractivity contribution is -0.140. The van der Waals surface area contributed by atoms with Crippen molar-refractivity contribution in [1.29, 1.82) is 0 Å². The normalized spacial score (nSPS) is 11.2. The minimum Gasteiger partial charge on any atom is -0.469 e. The number of unbranched alkanes of at least 4 members (excludes halogenated alkanes) is 3. The standard InChI is InChI=1S/C23H30N4O3/c1-16-18(13-14-21(28)24-15-9-5-4-6-12-22(29)30-3)17(2)27-23(25-16)19-10-7-8-11-20(19)26-27/h7-8,10-11H,4-6,9,12-15H2,1-3H3,(H,24,28). The second kappa shape index (κ2) is 10.2. The van der Waals surface area contributed by atoms with Crippen LogP contribution in [0.25, 0.3) is 16.6 Å². The number of aryl methyl sites for hydroxylation is 2. The van der Waals surface area contributed by atoms with Crippen molar-refractivity contribution in [2.24, 2.45) is 0 Å². The number of carbonyl (C=O) groups is 2. The molecule has 0 unspecified atom stereocenters. The molecule has 0 spiro atoms. The van der Waals surface area contributed by atoms with Crippen LogP contribution in [0.2, 0.25) is 0 Å². The van der Waals surface area contributed by atoms with Crippen molar-refractivity contribution in [2.45, 2.75) is 58.8 Å². The van der Waals surface area contributed by atoms with Crippen molar-refractivity contribution in [2.75, 3.05) is 13.7 Å². The molecule has 160 valence electrons. The van der Waals surface area contributed by atoms with E-state index in [9.17, 15) is 9.59 Å². The molecule has 3 aromatic rings. The molecule has 0 atom stereocenters. The zero-order valence-corrected chi connectivity index (χ0v) is 18.0. The second-order valence-corrected chi connectivity index (χ2v) is 7.60. The van der Waals surface area contributed by atoms with Gasteiger partial charge in [0, 0.05) is 36.2 Å². The third-order valence-corrected chi connectivity index (χ3v) is 5.48. The van der Waals surface area contributed by atoms with E-state index < -0.39 is 0 Å². The Morgan fingerprint density at radius 1 is 1.07 bits per heavy atom. The molecule has 1 amide bonds. The maximum Gasteiger partial charge on any atom is 0.305 e. The van der Waals surface area contributed by atoms with Crippen LogP contribution in [-0.4, -0.2) is 40.1 Å². The van der Waals surface area contributed by atoms with Gasteiger partial charge in [0.25, 0.3) is 0 Å². The number of ether oxygens (including phenoxy) is 1. The molecule has 1 N–H and O–H groups in total. The van der Waals surface area contributed by atoms with E-state index in [-0.39, 0.29) is 11.9 Å². The molecular formula is C23H30N4O3. The van der Waals surface area contributed by atoms with Crippen molar-refractivity contribution in [3.8, 4) is 0 Å². The van der Waals surface area contributed by atoms with E-state index in [0.717, 1.165) is 59.2 Å². The van der Waals surface area contributed by atoms with Gasteiger partial charge in [-0.3, -0.25) is 9.59 Å². The van der Waals surface area contributed by atoms with Crippen LogP contribution in [0.5, 0.6) is 0 Å². The molecule has 3 rings (SSSR count). The molecule has 1 aromatic carbocycles. The van der Waals surface area contributed by atoms with E-state index in [1.165, 1.54) is 7.11 Å². The fourth-order valence-corrected chi connectivity index (χ4v) is 3.74. The van der Waals surface area contributed by atoms with Gasteiger partial charge in [-0.05, 0) is 50.8 Å². The summed E-state index contributed by atoms with van der Waals surface area (Å²) < 4.78 is 6.51. The van der Waals surface area contributed by atoms with Crippen LogP contribution in [0.15, 0.2) is 24.3 Å². The number of amides is 1. The monoisotopic (exact) mass is 410 g/mol. The number of methoxy groups -OCH3 is 1. The highest BCUT2D eigenvalue weighted by Crippen LogP contribution is 2.22. The van der Waals surface area contributed by atoms with Crippen LogP contribution in [0, 0.1) is 13.8 Å². The van der Waals surface area contributed by atoms with Crippen molar-refractivity contribution in [1.82, 2.24) is 19.9 Å². The topological polar surface area (TPSA) is 85.6 Å². The third-order valence-electron chi connectivity index (χ3n) is 5.48. The summed E-state index contributed by atoms with van der Waals surface area (Å²) in [5.74, 6) is -0.112. The fraction of sp³-hybridized carbons (Fsp3) is 0.478. The van der Waals surface area contributed by atoms with E-state index in [0.29, 0.717) is 25.8 Å². The highest BCUT2D eigenvalue weighted by Gasteiger charge is 2.14. The van der Waals surface area contributed by atoms with Crippen LogP contribution < -0.4 is 5.32 Å². The lowest BCUT2D eigenvalue weighted by Crippen LogP contribution is -2.25. The first kappa shape index (κ1) is 21.7. The van der Waals surface area contributed by atoms with Crippen LogP contribution in [0.1, 0.15) is 55.5 Å². The molecule has 30 heavy (non-hydrogen) atoms. The summed E-state index contributed by atoms with van der Waals surface area (Å²) in [5, 5.41) is 8.70. The highest BCUT2D eigenvalue weighted by atomic mass is 16.5. The minimum atomic E-state index is -0.162. The van der Waals surface area contributed by atoms with Crippen molar-refractivity contribution in [3.63, 3.8) is 0 Å². The van der Waals surface area contributed by atoms with Crippen LogP contribution in [0.3, 0.4) is 0 Å². The Kier molecular flexibility index (Phi) is 7.38. The largest absolute Gasteiger partial charge is 0.469 e. The smallest absolute Gasteiger partial charge is 0.305 e. The van der Waals surface area contributed by atoms with E-state index >= 15 is 0 Å². The van der Waals surface area contributed by atoms with Gasteiger partial charge in [-0.25, -0.2) is 9.50 Å². The number of nitrogens with zero attached hydrogens (tertiary/aromatic N) is 3. The third kappa shape index (κ3) is 5.14. The number of esters is 1. The van der Waals surface area contributed by atoms with E-state index in [1.807, 2.05) is 42.6 Å². The summed E-state index contributed by atoms with van der Waals surface area (Å²) in [6.07, 6.45) is 5.23. The summed E-state index contributed by atoms with van der Waals surface area (Å²) in [6, 6.07) is 7.99. The summed E-state index contributed by atoms with van der Waals surface area (Å²) in [5.41, 5.74) is 4.85. The number of carbonyl (C=O) groups excluding carboxylic acids is 2. The Bertz CT molecular complexity index is 1040. The molecule has 2 heterocycles. The second-order valence-electron chi connectivity index (χ2n) is 7.60. The average molecular weight is 411 g/mol. The van der Waals surface area contributed by atoms with Crippen LogP contribution in [0.4, 0.5) is 0 Å². The van der Waals surface area contributed by atoms with E-state index in [4.69, 9.17) is 4.98 Å². The summed E-state index contributed by atoms with van der Waals surface area (Å²) in [6.45, 7) is 4.70. The van der Waals surface area contributed by atoms with Crippen molar-refractivity contribution >= 4 is 28.4 Å². The minimum absolute atomic E-state index is 0.0501. The fourth-order valence-electron chi connectivity index (χ4n) is 3.74. The van der Waals surface area contributed by atoms with Gasteiger partial charge in [0.05, 0.1) is 12.6 Å². The molecular weight excluding hydrogens is 380 g/mol. The summed E-state index contributed by atoms with van der Waals surface area (Å²) >= 11 is 0. The van der Waals surface area contributed by atoms with E-state index in [1.54, 1.807) is 0 Å². The van der Waals surface area contributed by atoms with Gasteiger partial charge in [-0.15, -0.1) is 0 Å². The maximum atomic E-state index is 12.2. The van der Waals surface area contributed by atoms with Gasteiger partial charge in [-0.1, -0.05) is 25.0 Å². The van der Waals surface area contributed by atoms with Gasteiger partial charge < -0.3 is 10.1 Å². The molecule has 7 heteroatoms. The van der Waals surface area contributed by atoms with Crippen molar-refractivity contribution < 1.29 is 14.3 Å². The molecule has 0 bridgehead atoms. The molecule has 0 radical (unpaired) electrons. The molecule has 0 aliphatic rings. The van der Waals surface area contributed by atoms with Gasteiger partial charge in [0.15, 0.2) is 5.65 Å². The first-order valence-electron chi connectivity index (χ1n) is 10.6. The maximum absolute atomic E-state index is 12.2. The lowest BCUT2D eigenvalue weighted by atomic mass is 10.1. The molecule has 2 aromatic heterocycles. The number of aromatic nitrogens is 3. The summed E-state index contributed by atoms with van der Waals surface area (Å²) in [4.78, 5) is 28.1. The van der Waals surface area contributed by atoms with E-state index in [2.05, 4.69) is 15.2 Å². The Balaban J connectivity index is 1.49. The van der Waals surface area contributed by atoms with Gasteiger partial charge in [0.1, 0.15) is 0 Å². The number of hydrogen-bond donors (Lipinski definition) is 1. The molecule has 7 nitrogen and oxygen atoms in total. The lowest BCUT2D eigenvalue weighted by Gasteiger charge is -2.11. The molecule has 0 aliphatic carbocycles. The zero-order valence-electron chi connectivity index (χ0n) is 18.0. The molecule has 0 fully saturated rings. The quantitative estimate of drug-likeness (QED) is 0.407. The first-order valence-corrected chi connectivity index (χ1v) is 10.6. The number of nitrogens with one attached hydrogen (secondary N) is 1. The van der Waals surface area contributed by atoms with Crippen LogP contribution in [-0.2, 0) is 20.7 Å². The molecule has 0 saturated heterocycles.